The van der Waals surface area contributed by atoms with Gasteiger partial charge in [0.15, 0.2) is 0 Å². The minimum absolute atomic E-state index is 0.0899. The van der Waals surface area contributed by atoms with E-state index < -0.39 is 34.0 Å². The third-order valence-electron chi connectivity index (χ3n) is 3.20. The van der Waals surface area contributed by atoms with Crippen molar-refractivity contribution in [3.05, 3.63) is 12.7 Å². The van der Waals surface area contributed by atoms with Gasteiger partial charge in [0.1, 0.15) is 12.1 Å². The van der Waals surface area contributed by atoms with Crippen molar-refractivity contribution in [3.8, 4) is 0 Å². The summed E-state index contributed by atoms with van der Waals surface area (Å²) in [5.41, 5.74) is 0. The highest BCUT2D eigenvalue weighted by Gasteiger charge is 2.35. The zero-order valence-electron chi connectivity index (χ0n) is 11.4. The SMILES string of the molecule is C=CCC(NC(=O)C1CCCCN1S(C)(=O)=O)C(=O)O. The first kappa shape index (κ1) is 16.6. The van der Waals surface area contributed by atoms with Gasteiger partial charge in [0, 0.05) is 6.54 Å². The van der Waals surface area contributed by atoms with Gasteiger partial charge in [-0.25, -0.2) is 13.2 Å². The standard InChI is InChI=1S/C12H20N2O5S/c1-3-6-9(12(16)17)13-11(15)10-7-4-5-8-14(10)20(2,18)19/h3,9-10H,1,4-8H2,2H3,(H,13,15)(H,16,17). The van der Waals surface area contributed by atoms with Crippen LogP contribution in [-0.2, 0) is 19.6 Å². The van der Waals surface area contributed by atoms with Crippen LogP contribution in [0.5, 0.6) is 0 Å². The lowest BCUT2D eigenvalue weighted by Crippen LogP contribution is -2.54. The Hall–Kier alpha value is -1.41. The fraction of sp³-hybridized carbons (Fsp3) is 0.667. The van der Waals surface area contributed by atoms with Crippen LogP contribution in [0.4, 0.5) is 0 Å². The van der Waals surface area contributed by atoms with E-state index in [4.69, 9.17) is 5.11 Å². The van der Waals surface area contributed by atoms with E-state index in [1.807, 2.05) is 0 Å². The highest BCUT2D eigenvalue weighted by atomic mass is 32.2. The average Bonchev–Trinajstić information content (AvgIpc) is 2.37. The number of nitrogens with one attached hydrogen (secondary N) is 1. The lowest BCUT2D eigenvalue weighted by atomic mass is 10.0. The van der Waals surface area contributed by atoms with Crippen LogP contribution in [0.25, 0.3) is 0 Å². The lowest BCUT2D eigenvalue weighted by molar-refractivity contribution is -0.142. The van der Waals surface area contributed by atoms with Crippen molar-refractivity contribution in [2.24, 2.45) is 0 Å². The molecule has 0 aromatic heterocycles. The maximum Gasteiger partial charge on any atom is 0.326 e. The van der Waals surface area contributed by atoms with Gasteiger partial charge in [-0.1, -0.05) is 12.5 Å². The Labute approximate surface area is 118 Å². The first-order valence-corrected chi connectivity index (χ1v) is 8.23. The fourth-order valence-electron chi connectivity index (χ4n) is 2.22. The average molecular weight is 304 g/mol. The molecule has 8 heteroatoms. The summed E-state index contributed by atoms with van der Waals surface area (Å²) in [6.45, 7) is 3.72. The molecule has 0 aliphatic carbocycles. The highest BCUT2D eigenvalue weighted by Crippen LogP contribution is 2.20. The molecule has 1 saturated heterocycles. The minimum atomic E-state index is -3.48. The molecule has 2 unspecified atom stereocenters. The summed E-state index contributed by atoms with van der Waals surface area (Å²) < 4.78 is 24.5. The molecule has 1 rings (SSSR count). The zero-order chi connectivity index (χ0) is 15.3. The van der Waals surface area contributed by atoms with Crippen LogP contribution in [0.15, 0.2) is 12.7 Å². The molecular formula is C12H20N2O5S. The number of piperidine rings is 1. The van der Waals surface area contributed by atoms with Crippen molar-refractivity contribution in [2.45, 2.75) is 37.8 Å². The zero-order valence-corrected chi connectivity index (χ0v) is 12.2. The number of hydrogen-bond acceptors (Lipinski definition) is 4. The van der Waals surface area contributed by atoms with Gasteiger partial charge in [-0.15, -0.1) is 6.58 Å². The second-order valence-corrected chi connectivity index (χ2v) is 6.74. The van der Waals surface area contributed by atoms with E-state index in [1.54, 1.807) is 0 Å². The molecule has 1 aliphatic heterocycles. The van der Waals surface area contributed by atoms with Gasteiger partial charge in [-0.2, -0.15) is 4.31 Å². The van der Waals surface area contributed by atoms with E-state index in [0.717, 1.165) is 17.0 Å². The molecular weight excluding hydrogens is 284 g/mol. The summed E-state index contributed by atoms with van der Waals surface area (Å²) in [5, 5.41) is 11.4. The summed E-state index contributed by atoms with van der Waals surface area (Å²) in [6, 6.07) is -1.91. The molecule has 2 N–H and O–H groups in total. The Kier molecular flexibility index (Phi) is 5.70. The van der Waals surface area contributed by atoms with Crippen LogP contribution in [0, 0.1) is 0 Å². The van der Waals surface area contributed by atoms with E-state index in [9.17, 15) is 18.0 Å². The first-order chi connectivity index (χ1) is 9.27. The van der Waals surface area contributed by atoms with Gasteiger partial charge < -0.3 is 10.4 Å². The lowest BCUT2D eigenvalue weighted by Gasteiger charge is -2.33. The molecule has 1 amide bonds. The maximum absolute atomic E-state index is 12.1. The molecule has 0 spiro atoms. The first-order valence-electron chi connectivity index (χ1n) is 6.38. The number of carboxylic acids is 1. The molecule has 0 aromatic carbocycles. The largest absolute Gasteiger partial charge is 0.480 e. The van der Waals surface area contributed by atoms with E-state index in [2.05, 4.69) is 11.9 Å². The second-order valence-electron chi connectivity index (χ2n) is 4.81. The molecule has 1 heterocycles. The van der Waals surface area contributed by atoms with Crippen LogP contribution >= 0.6 is 0 Å². The molecule has 2 atom stereocenters. The predicted molar refractivity (Wildman–Crippen MR) is 73.6 cm³/mol. The highest BCUT2D eigenvalue weighted by molar-refractivity contribution is 7.88. The molecule has 20 heavy (non-hydrogen) atoms. The molecule has 0 aromatic rings. The smallest absolute Gasteiger partial charge is 0.326 e. The Morgan fingerprint density at radius 1 is 1.50 bits per heavy atom. The van der Waals surface area contributed by atoms with Crippen LogP contribution in [0.1, 0.15) is 25.7 Å². The van der Waals surface area contributed by atoms with Gasteiger partial charge >= 0.3 is 5.97 Å². The van der Waals surface area contributed by atoms with Crippen LogP contribution in [0.2, 0.25) is 0 Å². The summed E-state index contributed by atoms with van der Waals surface area (Å²) in [6.07, 6.45) is 4.38. The van der Waals surface area contributed by atoms with Gasteiger partial charge in [0.2, 0.25) is 15.9 Å². The topological polar surface area (TPSA) is 104 Å². The summed E-state index contributed by atoms with van der Waals surface area (Å²) in [5.74, 6) is -1.73. The number of hydrogen-bond donors (Lipinski definition) is 2. The molecule has 0 saturated carbocycles. The molecule has 1 aliphatic rings. The van der Waals surface area contributed by atoms with Crippen LogP contribution in [0.3, 0.4) is 0 Å². The number of carboxylic acid groups (broad SMARTS) is 1. The third kappa shape index (κ3) is 4.31. The predicted octanol–water partition coefficient (Wildman–Crippen LogP) is -0.0540. The Balaban J connectivity index is 2.82. The van der Waals surface area contributed by atoms with Gasteiger partial charge in [-0.3, -0.25) is 4.79 Å². The Bertz CT molecular complexity index is 488. The van der Waals surface area contributed by atoms with Crippen molar-refractivity contribution in [3.63, 3.8) is 0 Å². The molecule has 0 bridgehead atoms. The quantitative estimate of drug-likeness (QED) is 0.669. The fourth-order valence-corrected chi connectivity index (χ4v) is 3.34. The van der Waals surface area contributed by atoms with Crippen LogP contribution in [-0.4, -0.2) is 54.6 Å². The summed E-state index contributed by atoms with van der Waals surface area (Å²) in [7, 11) is -3.48. The summed E-state index contributed by atoms with van der Waals surface area (Å²) in [4.78, 5) is 23.1. The monoisotopic (exact) mass is 304 g/mol. The van der Waals surface area contributed by atoms with Gasteiger partial charge in [-0.05, 0) is 19.3 Å². The number of aliphatic carboxylic acids is 1. The van der Waals surface area contributed by atoms with Crippen molar-refractivity contribution in [1.29, 1.82) is 0 Å². The van der Waals surface area contributed by atoms with Crippen molar-refractivity contribution in [2.75, 3.05) is 12.8 Å². The van der Waals surface area contributed by atoms with E-state index in [1.165, 1.54) is 6.08 Å². The van der Waals surface area contributed by atoms with Crippen LogP contribution < -0.4 is 5.32 Å². The number of rotatable bonds is 6. The Morgan fingerprint density at radius 3 is 2.65 bits per heavy atom. The molecule has 1 fully saturated rings. The van der Waals surface area contributed by atoms with Crippen molar-refractivity contribution >= 4 is 21.9 Å². The minimum Gasteiger partial charge on any atom is -0.480 e. The van der Waals surface area contributed by atoms with Gasteiger partial charge in [0.25, 0.3) is 0 Å². The van der Waals surface area contributed by atoms with Crippen molar-refractivity contribution < 1.29 is 23.1 Å². The van der Waals surface area contributed by atoms with E-state index in [-0.39, 0.29) is 13.0 Å². The number of sulfonamides is 1. The number of nitrogens with zero attached hydrogens (tertiary/aromatic N) is 1. The number of amides is 1. The van der Waals surface area contributed by atoms with Gasteiger partial charge in [0.05, 0.1) is 6.26 Å². The van der Waals surface area contributed by atoms with E-state index >= 15 is 0 Å². The summed E-state index contributed by atoms with van der Waals surface area (Å²) >= 11 is 0. The number of carbonyl (C=O) groups excluding carboxylic acids is 1. The molecule has 0 radical (unpaired) electrons. The molecule has 7 nitrogen and oxygen atoms in total. The number of carbonyl (C=O) groups is 2. The Morgan fingerprint density at radius 2 is 2.15 bits per heavy atom. The second kappa shape index (κ2) is 6.85. The normalized spacial score (nSPS) is 21.9. The van der Waals surface area contributed by atoms with Crippen molar-refractivity contribution in [1.82, 2.24) is 9.62 Å². The maximum atomic E-state index is 12.1. The molecule has 114 valence electrons. The van der Waals surface area contributed by atoms with E-state index in [0.29, 0.717) is 12.8 Å². The third-order valence-corrected chi connectivity index (χ3v) is 4.49.